The summed E-state index contributed by atoms with van der Waals surface area (Å²) < 4.78 is 35.1. The summed E-state index contributed by atoms with van der Waals surface area (Å²) in [6.45, 7) is 1.32. The molecule has 1 atom stereocenters. The highest BCUT2D eigenvalue weighted by atomic mass is 32.2. The Hall–Kier alpha value is -2.56. The van der Waals surface area contributed by atoms with E-state index in [2.05, 4.69) is 15.2 Å². The van der Waals surface area contributed by atoms with Gasteiger partial charge in [-0.25, -0.2) is 13.8 Å². The van der Waals surface area contributed by atoms with E-state index in [0.717, 1.165) is 40.6 Å². The molecule has 1 aliphatic rings. The summed E-state index contributed by atoms with van der Waals surface area (Å²) >= 11 is 2.82. The van der Waals surface area contributed by atoms with Crippen molar-refractivity contribution in [1.29, 1.82) is 0 Å². The lowest BCUT2D eigenvalue weighted by Crippen LogP contribution is -2.16. The van der Waals surface area contributed by atoms with Gasteiger partial charge in [0, 0.05) is 30.0 Å². The van der Waals surface area contributed by atoms with E-state index in [0.29, 0.717) is 34.5 Å². The first-order valence-electron chi connectivity index (χ1n) is 9.85. The van der Waals surface area contributed by atoms with Crippen molar-refractivity contribution in [2.75, 3.05) is 12.3 Å². The van der Waals surface area contributed by atoms with Crippen molar-refractivity contribution in [2.24, 2.45) is 0 Å². The first kappa shape index (κ1) is 20.3. The number of thioether (sulfide) groups is 1. The van der Waals surface area contributed by atoms with Gasteiger partial charge in [0.25, 0.3) is 0 Å². The van der Waals surface area contributed by atoms with Crippen LogP contribution < -0.4 is 5.73 Å². The molecular formula is C21H19F2N5OS2. The molecule has 1 aliphatic heterocycles. The topological polar surface area (TPSA) is 78.8 Å². The number of rotatable bonds is 6. The monoisotopic (exact) mass is 459 g/mol. The van der Waals surface area contributed by atoms with E-state index in [1.807, 2.05) is 16.7 Å². The highest BCUT2D eigenvalue weighted by molar-refractivity contribution is 7.98. The van der Waals surface area contributed by atoms with Crippen molar-refractivity contribution in [3.8, 4) is 10.7 Å². The zero-order valence-electron chi connectivity index (χ0n) is 16.4. The summed E-state index contributed by atoms with van der Waals surface area (Å²) in [5, 5.41) is 10.3. The maximum atomic E-state index is 14.1. The molecule has 3 aromatic heterocycles. The van der Waals surface area contributed by atoms with Crippen LogP contribution in [0.15, 0.2) is 41.7 Å². The SMILES string of the molecule is Nc1c(-c2nnc(SCc3ccc(F)cc3F)n2C[C@@H]2CCCO2)sc2ncccc12. The van der Waals surface area contributed by atoms with E-state index in [1.165, 1.54) is 35.2 Å². The van der Waals surface area contributed by atoms with Crippen molar-refractivity contribution in [3.05, 3.63) is 53.7 Å². The number of nitrogen functional groups attached to an aromatic ring is 1. The van der Waals surface area contributed by atoms with E-state index < -0.39 is 11.6 Å². The van der Waals surface area contributed by atoms with Crippen LogP contribution in [0.4, 0.5) is 14.5 Å². The van der Waals surface area contributed by atoms with E-state index in [1.54, 1.807) is 6.20 Å². The maximum absolute atomic E-state index is 14.1. The molecule has 1 aromatic carbocycles. The number of anilines is 1. The van der Waals surface area contributed by atoms with Crippen LogP contribution >= 0.6 is 23.1 Å². The second-order valence-corrected chi connectivity index (χ2v) is 9.22. The molecule has 31 heavy (non-hydrogen) atoms. The third kappa shape index (κ3) is 4.02. The van der Waals surface area contributed by atoms with Gasteiger partial charge in [-0.1, -0.05) is 17.8 Å². The Bertz CT molecular complexity index is 1240. The Morgan fingerprint density at radius 3 is 2.94 bits per heavy atom. The van der Waals surface area contributed by atoms with Gasteiger partial charge >= 0.3 is 0 Å². The number of nitrogens with two attached hydrogens (primary N) is 1. The molecule has 1 saturated heterocycles. The van der Waals surface area contributed by atoms with Gasteiger partial charge < -0.3 is 10.5 Å². The summed E-state index contributed by atoms with van der Waals surface area (Å²) in [7, 11) is 0. The molecule has 2 N–H and O–H groups in total. The predicted octanol–water partition coefficient (Wildman–Crippen LogP) is 4.89. The number of benzene rings is 1. The number of ether oxygens (including phenoxy) is 1. The zero-order valence-corrected chi connectivity index (χ0v) is 18.1. The van der Waals surface area contributed by atoms with Crippen LogP contribution in [-0.4, -0.2) is 32.5 Å². The summed E-state index contributed by atoms with van der Waals surface area (Å²) in [6.07, 6.45) is 3.76. The van der Waals surface area contributed by atoms with Gasteiger partial charge in [-0.3, -0.25) is 4.57 Å². The van der Waals surface area contributed by atoms with Crippen molar-refractivity contribution in [3.63, 3.8) is 0 Å². The second kappa shape index (κ2) is 8.52. The number of nitrogens with zero attached hydrogens (tertiary/aromatic N) is 4. The minimum atomic E-state index is -0.594. The molecule has 0 amide bonds. The van der Waals surface area contributed by atoms with Crippen LogP contribution in [0.25, 0.3) is 20.9 Å². The van der Waals surface area contributed by atoms with Gasteiger partial charge in [-0.2, -0.15) is 0 Å². The second-order valence-electron chi connectivity index (χ2n) is 7.28. The predicted molar refractivity (Wildman–Crippen MR) is 118 cm³/mol. The highest BCUT2D eigenvalue weighted by Gasteiger charge is 2.25. The van der Waals surface area contributed by atoms with Crippen LogP contribution in [0, 0.1) is 11.6 Å². The first-order chi connectivity index (χ1) is 15.1. The molecule has 6 nitrogen and oxygen atoms in total. The third-order valence-electron chi connectivity index (χ3n) is 5.21. The fraction of sp³-hybridized carbons (Fsp3) is 0.286. The Balaban J connectivity index is 1.50. The molecule has 160 valence electrons. The van der Waals surface area contributed by atoms with Crippen LogP contribution in [0.2, 0.25) is 0 Å². The molecule has 0 spiro atoms. The van der Waals surface area contributed by atoms with Crippen molar-refractivity contribution >= 4 is 39.0 Å². The number of halogens is 2. The lowest BCUT2D eigenvalue weighted by atomic mass is 10.2. The number of fused-ring (bicyclic) bond motifs is 1. The van der Waals surface area contributed by atoms with Crippen LogP contribution in [0.3, 0.4) is 0 Å². The van der Waals surface area contributed by atoms with Crippen molar-refractivity contribution in [2.45, 2.75) is 36.4 Å². The van der Waals surface area contributed by atoms with Gasteiger partial charge in [0.1, 0.15) is 16.5 Å². The number of hydrogen-bond acceptors (Lipinski definition) is 7. The number of pyridine rings is 1. The number of hydrogen-bond donors (Lipinski definition) is 1. The van der Waals surface area contributed by atoms with Crippen LogP contribution in [0.1, 0.15) is 18.4 Å². The molecule has 5 rings (SSSR count). The fourth-order valence-electron chi connectivity index (χ4n) is 3.62. The molecular weight excluding hydrogens is 440 g/mol. The van der Waals surface area contributed by atoms with Crippen LogP contribution in [-0.2, 0) is 17.0 Å². The molecule has 4 aromatic rings. The Morgan fingerprint density at radius 2 is 2.16 bits per heavy atom. The largest absolute Gasteiger partial charge is 0.397 e. The summed E-state index contributed by atoms with van der Waals surface area (Å²) in [6, 6.07) is 7.39. The molecule has 0 radical (unpaired) electrons. The van der Waals surface area contributed by atoms with E-state index >= 15 is 0 Å². The fourth-order valence-corrected chi connectivity index (χ4v) is 5.61. The standard InChI is InChI=1S/C21H19F2N5OS2/c22-13-6-5-12(16(23)9-13)11-30-21-27-26-19(28(21)10-14-3-2-8-29-14)18-17(24)15-4-1-7-25-20(15)31-18/h1,4-7,9,14H,2-3,8,10-11,24H2/t14-/m0/s1. The lowest BCUT2D eigenvalue weighted by molar-refractivity contribution is 0.0953. The Kier molecular flexibility index (Phi) is 5.59. The zero-order chi connectivity index (χ0) is 21.4. The number of thiophene rings is 1. The first-order valence-corrected chi connectivity index (χ1v) is 11.7. The van der Waals surface area contributed by atoms with E-state index in [9.17, 15) is 8.78 Å². The Labute approximate surface area is 185 Å². The van der Waals surface area contributed by atoms with E-state index in [4.69, 9.17) is 10.5 Å². The van der Waals surface area contributed by atoms with Crippen LogP contribution in [0.5, 0.6) is 0 Å². The molecule has 0 bridgehead atoms. The van der Waals surface area contributed by atoms with Crippen molar-refractivity contribution in [1.82, 2.24) is 19.7 Å². The third-order valence-corrected chi connectivity index (χ3v) is 7.35. The van der Waals surface area contributed by atoms with E-state index in [-0.39, 0.29) is 6.10 Å². The van der Waals surface area contributed by atoms with Gasteiger partial charge in [-0.05, 0) is 36.6 Å². The molecule has 1 fully saturated rings. The van der Waals surface area contributed by atoms with Gasteiger partial charge in [0.2, 0.25) is 0 Å². The molecule has 4 heterocycles. The smallest absolute Gasteiger partial charge is 0.191 e. The summed E-state index contributed by atoms with van der Waals surface area (Å²) in [5.74, 6) is -0.209. The molecule has 10 heteroatoms. The van der Waals surface area contributed by atoms with Gasteiger partial charge in [-0.15, -0.1) is 21.5 Å². The minimum Gasteiger partial charge on any atom is -0.397 e. The lowest BCUT2D eigenvalue weighted by Gasteiger charge is -2.14. The van der Waals surface area contributed by atoms with Crippen molar-refractivity contribution < 1.29 is 13.5 Å². The highest BCUT2D eigenvalue weighted by Crippen LogP contribution is 2.40. The minimum absolute atomic E-state index is 0.0605. The average molecular weight is 460 g/mol. The molecule has 0 aliphatic carbocycles. The quantitative estimate of drug-likeness (QED) is 0.414. The molecule has 0 saturated carbocycles. The maximum Gasteiger partial charge on any atom is 0.191 e. The summed E-state index contributed by atoms with van der Waals surface area (Å²) in [4.78, 5) is 6.04. The Morgan fingerprint density at radius 1 is 1.26 bits per heavy atom. The normalized spacial score (nSPS) is 16.4. The summed E-state index contributed by atoms with van der Waals surface area (Å²) in [5.41, 5.74) is 7.45. The number of aromatic nitrogens is 4. The van der Waals surface area contributed by atoms with Gasteiger partial charge in [0.05, 0.1) is 23.2 Å². The molecule has 0 unspecified atom stereocenters. The average Bonchev–Trinajstić information content (AvgIpc) is 3.48. The van der Waals surface area contributed by atoms with Gasteiger partial charge in [0.15, 0.2) is 11.0 Å².